The maximum absolute atomic E-state index is 12.8. The van der Waals surface area contributed by atoms with Crippen LogP contribution in [0.3, 0.4) is 0 Å². The molecule has 2 aromatic rings. The van der Waals surface area contributed by atoms with Gasteiger partial charge in [-0.05, 0) is 30.4 Å². The van der Waals surface area contributed by atoms with Gasteiger partial charge >= 0.3 is 0 Å². The number of hydrogen-bond acceptors (Lipinski definition) is 4. The average molecular weight is 274 g/mol. The van der Waals surface area contributed by atoms with Gasteiger partial charge in [-0.2, -0.15) is 0 Å². The summed E-state index contributed by atoms with van der Waals surface area (Å²) in [6, 6.07) is 10.2. The number of nitrogens with two attached hydrogens (primary N) is 1. The van der Waals surface area contributed by atoms with E-state index in [9.17, 15) is 4.79 Å². The van der Waals surface area contributed by atoms with Crippen LogP contribution in [0.2, 0.25) is 0 Å². The summed E-state index contributed by atoms with van der Waals surface area (Å²) in [5.41, 5.74) is -0.282. The zero-order valence-corrected chi connectivity index (χ0v) is 11.9. The average Bonchev–Trinajstić information content (AvgIpc) is 3.02. The van der Waals surface area contributed by atoms with Gasteiger partial charge in [-0.25, -0.2) is 5.01 Å². The number of hydrazine groups is 1. The van der Waals surface area contributed by atoms with Gasteiger partial charge in [0, 0.05) is 23.2 Å². The first-order valence-electron chi connectivity index (χ1n) is 6.68. The molecule has 1 aromatic heterocycles. The molecule has 0 bridgehead atoms. The number of rotatable bonds is 3. The zero-order chi connectivity index (χ0) is 13.5. The highest BCUT2D eigenvalue weighted by atomic mass is 32.1. The minimum absolute atomic E-state index is 0.268. The Kier molecular flexibility index (Phi) is 3.17. The largest absolute Gasteiger partial charge is 0.293 e. The Morgan fingerprint density at radius 2 is 2.26 bits per heavy atom. The highest BCUT2D eigenvalue weighted by Crippen LogP contribution is 2.39. The molecule has 0 amide bonds. The van der Waals surface area contributed by atoms with Gasteiger partial charge in [0.05, 0.1) is 4.88 Å². The van der Waals surface area contributed by atoms with Crippen molar-refractivity contribution >= 4 is 27.2 Å². The molecule has 1 aliphatic heterocycles. The highest BCUT2D eigenvalue weighted by molar-refractivity contribution is 7.20. The van der Waals surface area contributed by atoms with Gasteiger partial charge in [0.25, 0.3) is 0 Å². The summed E-state index contributed by atoms with van der Waals surface area (Å²) in [7, 11) is 0. The van der Waals surface area contributed by atoms with E-state index in [2.05, 4.69) is 19.1 Å². The Morgan fingerprint density at radius 1 is 1.47 bits per heavy atom. The molecule has 1 aromatic carbocycles. The summed E-state index contributed by atoms with van der Waals surface area (Å²) in [6.45, 7) is 3.57. The predicted octanol–water partition coefficient (Wildman–Crippen LogP) is 3.06. The zero-order valence-electron chi connectivity index (χ0n) is 11.1. The van der Waals surface area contributed by atoms with Crippen LogP contribution in [0.1, 0.15) is 29.4 Å². The lowest BCUT2D eigenvalue weighted by Gasteiger charge is -2.24. The van der Waals surface area contributed by atoms with Gasteiger partial charge in [-0.3, -0.25) is 10.6 Å². The fourth-order valence-electron chi connectivity index (χ4n) is 2.89. The summed E-state index contributed by atoms with van der Waals surface area (Å²) in [5.74, 6) is 6.13. The van der Waals surface area contributed by atoms with E-state index in [0.29, 0.717) is 6.54 Å². The molecule has 0 saturated carbocycles. The minimum Gasteiger partial charge on any atom is -0.293 e. The molecule has 1 aliphatic rings. The second-order valence-corrected chi connectivity index (χ2v) is 6.42. The van der Waals surface area contributed by atoms with Crippen LogP contribution >= 0.6 is 11.3 Å². The standard InChI is InChI=1S/C15H18N2OS/c1-2-15(7-8-17(16)10-15)14(18)13-9-11-5-3-4-6-12(11)19-13/h3-6,9H,2,7-8,10,16H2,1H3. The van der Waals surface area contributed by atoms with Gasteiger partial charge in [-0.1, -0.05) is 25.1 Å². The molecular formula is C15H18N2OS. The van der Waals surface area contributed by atoms with Crippen LogP contribution < -0.4 is 5.84 Å². The van der Waals surface area contributed by atoms with E-state index in [1.54, 1.807) is 16.3 Å². The molecule has 0 aliphatic carbocycles. The van der Waals surface area contributed by atoms with E-state index in [1.165, 1.54) is 4.70 Å². The molecular weight excluding hydrogens is 256 g/mol. The molecule has 19 heavy (non-hydrogen) atoms. The molecule has 3 nitrogen and oxygen atoms in total. The van der Waals surface area contributed by atoms with Gasteiger partial charge in [0.15, 0.2) is 5.78 Å². The van der Waals surface area contributed by atoms with Crippen molar-refractivity contribution in [2.45, 2.75) is 19.8 Å². The van der Waals surface area contributed by atoms with E-state index >= 15 is 0 Å². The second-order valence-electron chi connectivity index (χ2n) is 5.33. The first-order chi connectivity index (χ1) is 9.14. The van der Waals surface area contributed by atoms with E-state index in [-0.39, 0.29) is 11.2 Å². The molecule has 3 rings (SSSR count). The highest BCUT2D eigenvalue weighted by Gasteiger charge is 2.43. The molecule has 1 unspecified atom stereocenters. The monoisotopic (exact) mass is 274 g/mol. The third kappa shape index (κ3) is 2.10. The maximum atomic E-state index is 12.8. The Bertz CT molecular complexity index is 588. The molecule has 1 atom stereocenters. The third-order valence-electron chi connectivity index (χ3n) is 4.19. The smallest absolute Gasteiger partial charge is 0.180 e. The molecule has 2 heterocycles. The number of fused-ring (bicyclic) bond motifs is 1. The molecule has 1 fully saturated rings. The number of thiophene rings is 1. The summed E-state index contributed by atoms with van der Waals surface area (Å²) in [5, 5.41) is 2.93. The van der Waals surface area contributed by atoms with Gasteiger partial charge in [-0.15, -0.1) is 11.3 Å². The third-order valence-corrected chi connectivity index (χ3v) is 5.31. The maximum Gasteiger partial charge on any atom is 0.180 e. The molecule has 0 spiro atoms. The van der Waals surface area contributed by atoms with Crippen LogP contribution in [0.4, 0.5) is 0 Å². The molecule has 0 radical (unpaired) electrons. The lowest BCUT2D eigenvalue weighted by molar-refractivity contribution is 0.0796. The summed E-state index contributed by atoms with van der Waals surface area (Å²) < 4.78 is 1.18. The summed E-state index contributed by atoms with van der Waals surface area (Å²) in [6.07, 6.45) is 1.72. The van der Waals surface area contributed by atoms with Crippen molar-refractivity contribution in [1.82, 2.24) is 5.01 Å². The van der Waals surface area contributed by atoms with Crippen molar-refractivity contribution in [1.29, 1.82) is 0 Å². The Balaban J connectivity index is 1.98. The van der Waals surface area contributed by atoms with Crippen molar-refractivity contribution < 1.29 is 4.79 Å². The summed E-state index contributed by atoms with van der Waals surface area (Å²) >= 11 is 1.60. The number of nitrogens with zero attached hydrogens (tertiary/aromatic N) is 1. The number of hydrogen-bond donors (Lipinski definition) is 1. The number of ketones is 1. The SMILES string of the molecule is CCC1(C(=O)c2cc3ccccc3s2)CCN(N)C1. The fourth-order valence-corrected chi connectivity index (χ4v) is 4.02. The predicted molar refractivity (Wildman–Crippen MR) is 79.3 cm³/mol. The van der Waals surface area contributed by atoms with E-state index < -0.39 is 0 Å². The molecule has 2 N–H and O–H groups in total. The lowest BCUT2D eigenvalue weighted by Crippen LogP contribution is -2.36. The Labute approximate surface area is 117 Å². The molecule has 1 saturated heterocycles. The topological polar surface area (TPSA) is 46.3 Å². The van der Waals surface area contributed by atoms with Crippen LogP contribution in [0.15, 0.2) is 30.3 Å². The van der Waals surface area contributed by atoms with E-state index in [1.807, 2.05) is 18.2 Å². The quantitative estimate of drug-likeness (QED) is 0.691. The van der Waals surface area contributed by atoms with Crippen LogP contribution in [-0.4, -0.2) is 23.9 Å². The van der Waals surface area contributed by atoms with E-state index in [4.69, 9.17) is 5.84 Å². The lowest BCUT2D eigenvalue weighted by atomic mass is 9.79. The van der Waals surface area contributed by atoms with E-state index in [0.717, 1.165) is 29.6 Å². The van der Waals surface area contributed by atoms with Crippen molar-refractivity contribution in [3.05, 3.63) is 35.2 Å². The first kappa shape index (κ1) is 12.8. The Morgan fingerprint density at radius 3 is 2.89 bits per heavy atom. The van der Waals surface area contributed by atoms with Crippen molar-refractivity contribution in [2.24, 2.45) is 11.3 Å². The number of benzene rings is 1. The van der Waals surface area contributed by atoms with Crippen LogP contribution in [0.25, 0.3) is 10.1 Å². The van der Waals surface area contributed by atoms with Gasteiger partial charge in [0.2, 0.25) is 0 Å². The number of carbonyl (C=O) groups is 1. The van der Waals surface area contributed by atoms with Gasteiger partial charge < -0.3 is 0 Å². The first-order valence-corrected chi connectivity index (χ1v) is 7.49. The normalized spacial score (nSPS) is 24.1. The van der Waals surface area contributed by atoms with Crippen LogP contribution in [0, 0.1) is 5.41 Å². The Hall–Kier alpha value is -1.23. The second kappa shape index (κ2) is 4.71. The van der Waals surface area contributed by atoms with Crippen LogP contribution in [0.5, 0.6) is 0 Å². The number of Topliss-reactive ketones (excluding diaryl/α,β-unsaturated/α-hetero) is 1. The molecule has 100 valence electrons. The number of carbonyl (C=O) groups excluding carboxylic acids is 1. The van der Waals surface area contributed by atoms with Gasteiger partial charge in [0.1, 0.15) is 0 Å². The van der Waals surface area contributed by atoms with Crippen molar-refractivity contribution in [3.8, 4) is 0 Å². The van der Waals surface area contributed by atoms with Crippen LogP contribution in [-0.2, 0) is 0 Å². The molecule has 4 heteroatoms. The minimum atomic E-state index is -0.282. The van der Waals surface area contributed by atoms with Crippen molar-refractivity contribution in [2.75, 3.05) is 13.1 Å². The summed E-state index contributed by atoms with van der Waals surface area (Å²) in [4.78, 5) is 13.7. The van der Waals surface area contributed by atoms with Crippen molar-refractivity contribution in [3.63, 3.8) is 0 Å². The fraction of sp³-hybridized carbons (Fsp3) is 0.400.